The lowest BCUT2D eigenvalue weighted by Gasteiger charge is -2.44. The Morgan fingerprint density at radius 2 is 1.33 bits per heavy atom. The molecule has 3 rings (SSSR count). The van der Waals surface area contributed by atoms with Gasteiger partial charge in [-0.1, -0.05) is 81.4 Å². The molecule has 0 aliphatic carbocycles. The van der Waals surface area contributed by atoms with Gasteiger partial charge in [0.1, 0.15) is 6.08 Å². The fourth-order valence-electron chi connectivity index (χ4n) is 3.51. The first-order valence-corrected chi connectivity index (χ1v) is 11.0. The van der Waals surface area contributed by atoms with Crippen molar-refractivity contribution >= 4 is 24.7 Å². The van der Waals surface area contributed by atoms with E-state index >= 15 is 0 Å². The summed E-state index contributed by atoms with van der Waals surface area (Å²) in [7, 11) is -2.83. The number of hydrogen-bond donors (Lipinski definition) is 0. The van der Waals surface area contributed by atoms with Gasteiger partial charge in [-0.3, -0.25) is 0 Å². The smallest absolute Gasteiger partial charge is 0.341 e. The number of hydrogen-bond acceptors (Lipinski definition) is 4. The third-order valence-electron chi connectivity index (χ3n) is 4.60. The topological polar surface area (TPSA) is 44.8 Å². The van der Waals surface area contributed by atoms with E-state index in [2.05, 4.69) is 45.0 Å². The van der Waals surface area contributed by atoms with E-state index in [0.717, 1.165) is 10.4 Å². The zero-order chi connectivity index (χ0) is 19.7. The molecule has 2 aromatic rings. The molecule has 0 bridgehead atoms. The Morgan fingerprint density at radius 1 is 0.852 bits per heavy atom. The van der Waals surface area contributed by atoms with Gasteiger partial charge in [0.2, 0.25) is 0 Å². The molecule has 1 heterocycles. The largest absolute Gasteiger partial charge is 0.509 e. The normalized spacial score (nSPS) is 16.8. The molecule has 142 valence electrons. The molecular weight excluding hydrogens is 356 g/mol. The van der Waals surface area contributed by atoms with E-state index < -0.39 is 20.1 Å². The van der Waals surface area contributed by atoms with Crippen LogP contribution in [0.15, 0.2) is 72.7 Å². The molecule has 1 aliphatic heterocycles. The Hall–Kier alpha value is -2.53. The Bertz CT molecular complexity index is 796. The van der Waals surface area contributed by atoms with Gasteiger partial charge < -0.3 is 13.9 Å². The van der Waals surface area contributed by atoms with Crippen molar-refractivity contribution in [1.82, 2.24) is 0 Å². The second-order valence-corrected chi connectivity index (χ2v) is 12.4. The molecule has 1 aliphatic rings. The third-order valence-corrected chi connectivity index (χ3v) is 9.51. The molecule has 0 unspecified atom stereocenters. The van der Waals surface area contributed by atoms with Crippen LogP contribution in [-0.4, -0.2) is 20.1 Å². The molecule has 4 nitrogen and oxygen atoms in total. The maximum atomic E-state index is 12.1. The van der Waals surface area contributed by atoms with Crippen molar-refractivity contribution < 1.29 is 18.7 Å². The first-order valence-electron chi connectivity index (χ1n) is 9.08. The maximum absolute atomic E-state index is 12.1. The molecule has 0 aromatic heterocycles. The number of carbonyl (C=O) groups excluding carboxylic acids is 1. The standard InChI is InChI=1S/C22H26O4Si/c1-21(2,3)27(17-12-8-6-9-13-17,18-14-10-7-11-15-18)26-20-16-19(23)24-22(4,5)25-20/h6-16H,1-5H3. The number of ether oxygens (including phenoxy) is 2. The molecular formula is C22H26O4Si. The van der Waals surface area contributed by atoms with E-state index in [1.165, 1.54) is 6.08 Å². The van der Waals surface area contributed by atoms with E-state index in [1.54, 1.807) is 13.8 Å². The van der Waals surface area contributed by atoms with Gasteiger partial charge >= 0.3 is 14.3 Å². The van der Waals surface area contributed by atoms with Crippen LogP contribution in [0.2, 0.25) is 5.04 Å². The van der Waals surface area contributed by atoms with Crippen LogP contribution in [0.4, 0.5) is 0 Å². The monoisotopic (exact) mass is 382 g/mol. The van der Waals surface area contributed by atoms with Crippen LogP contribution in [0, 0.1) is 0 Å². The summed E-state index contributed by atoms with van der Waals surface area (Å²) >= 11 is 0. The highest BCUT2D eigenvalue weighted by molar-refractivity contribution is 6.99. The minimum atomic E-state index is -2.83. The first kappa shape index (κ1) is 19.2. The van der Waals surface area contributed by atoms with E-state index in [9.17, 15) is 4.79 Å². The van der Waals surface area contributed by atoms with E-state index in [4.69, 9.17) is 13.9 Å². The van der Waals surface area contributed by atoms with Crippen LogP contribution in [0.5, 0.6) is 0 Å². The zero-order valence-corrected chi connectivity index (χ0v) is 17.5. The second kappa shape index (κ2) is 6.89. The summed E-state index contributed by atoms with van der Waals surface area (Å²) in [5, 5.41) is 2.01. The van der Waals surface area contributed by atoms with E-state index in [0.29, 0.717) is 0 Å². The van der Waals surface area contributed by atoms with Gasteiger partial charge in [0.25, 0.3) is 11.7 Å². The minimum Gasteiger partial charge on any atom is -0.509 e. The predicted octanol–water partition coefficient (Wildman–Crippen LogP) is 3.71. The van der Waals surface area contributed by atoms with Crippen molar-refractivity contribution in [3.8, 4) is 0 Å². The van der Waals surface area contributed by atoms with Gasteiger partial charge in [-0.2, -0.15) is 0 Å². The van der Waals surface area contributed by atoms with Crippen molar-refractivity contribution in [3.63, 3.8) is 0 Å². The fraction of sp³-hybridized carbons (Fsp3) is 0.318. The lowest BCUT2D eigenvalue weighted by atomic mass is 10.2. The third kappa shape index (κ3) is 3.78. The van der Waals surface area contributed by atoms with Crippen molar-refractivity contribution in [2.24, 2.45) is 0 Å². The van der Waals surface area contributed by atoms with Crippen molar-refractivity contribution in [2.45, 2.75) is 45.4 Å². The lowest BCUT2D eigenvalue weighted by molar-refractivity contribution is -0.217. The summed E-state index contributed by atoms with van der Waals surface area (Å²) in [6, 6.07) is 20.4. The summed E-state index contributed by atoms with van der Waals surface area (Å²) in [6.07, 6.45) is 1.30. The molecule has 0 atom stereocenters. The molecule has 0 radical (unpaired) electrons. The molecule has 0 saturated carbocycles. The Labute approximate surface area is 161 Å². The van der Waals surface area contributed by atoms with Crippen LogP contribution in [-0.2, 0) is 18.7 Å². The van der Waals surface area contributed by atoms with Gasteiger partial charge in [-0.05, 0) is 15.4 Å². The van der Waals surface area contributed by atoms with Gasteiger partial charge in [0.15, 0.2) is 0 Å². The Balaban J connectivity index is 2.20. The number of esters is 1. The van der Waals surface area contributed by atoms with Crippen LogP contribution >= 0.6 is 0 Å². The first-order chi connectivity index (χ1) is 12.6. The fourth-order valence-corrected chi connectivity index (χ4v) is 7.84. The summed E-state index contributed by atoms with van der Waals surface area (Å²) in [5.41, 5.74) is 0. The minimum absolute atomic E-state index is 0.213. The molecule has 0 saturated heterocycles. The average Bonchev–Trinajstić information content (AvgIpc) is 2.58. The highest BCUT2D eigenvalue weighted by Gasteiger charge is 2.53. The van der Waals surface area contributed by atoms with Crippen molar-refractivity contribution in [3.05, 3.63) is 72.7 Å². The van der Waals surface area contributed by atoms with Crippen molar-refractivity contribution in [1.29, 1.82) is 0 Å². The number of benzene rings is 2. The van der Waals surface area contributed by atoms with Crippen LogP contribution in [0.3, 0.4) is 0 Å². The van der Waals surface area contributed by atoms with Gasteiger partial charge in [0.05, 0.1) is 0 Å². The second-order valence-electron chi connectivity index (χ2n) is 8.15. The Morgan fingerprint density at radius 3 is 1.74 bits per heavy atom. The molecule has 0 amide bonds. The van der Waals surface area contributed by atoms with E-state index in [-0.39, 0.29) is 11.0 Å². The lowest BCUT2D eigenvalue weighted by Crippen LogP contribution is -2.66. The zero-order valence-electron chi connectivity index (χ0n) is 16.5. The summed E-state index contributed by atoms with van der Waals surface area (Å²) in [6.45, 7) is 9.92. The number of cyclic esters (lactones) is 1. The molecule has 0 spiro atoms. The quantitative estimate of drug-likeness (QED) is 0.597. The molecule has 2 aromatic carbocycles. The van der Waals surface area contributed by atoms with Gasteiger partial charge in [0, 0.05) is 13.8 Å². The summed E-state index contributed by atoms with van der Waals surface area (Å²) in [4.78, 5) is 12.1. The molecule has 0 fully saturated rings. The van der Waals surface area contributed by atoms with Crippen LogP contribution in [0.25, 0.3) is 0 Å². The predicted molar refractivity (Wildman–Crippen MR) is 108 cm³/mol. The summed E-state index contributed by atoms with van der Waals surface area (Å²) in [5.74, 6) is -1.31. The average molecular weight is 383 g/mol. The van der Waals surface area contributed by atoms with Gasteiger partial charge in [-0.15, -0.1) is 0 Å². The highest BCUT2D eigenvalue weighted by Crippen LogP contribution is 2.39. The molecule has 27 heavy (non-hydrogen) atoms. The Kier molecular flexibility index (Phi) is 4.91. The highest BCUT2D eigenvalue weighted by atomic mass is 28.4. The van der Waals surface area contributed by atoms with E-state index in [1.807, 2.05) is 36.4 Å². The number of rotatable bonds is 4. The SMILES string of the molecule is CC1(C)OC(=O)C=C(O[Si](c2ccccc2)(c2ccccc2)C(C)(C)C)O1. The molecule has 0 N–H and O–H groups in total. The van der Waals surface area contributed by atoms with Crippen LogP contribution in [0.1, 0.15) is 34.6 Å². The summed E-state index contributed by atoms with van der Waals surface area (Å²) < 4.78 is 17.8. The van der Waals surface area contributed by atoms with Crippen molar-refractivity contribution in [2.75, 3.05) is 0 Å². The van der Waals surface area contributed by atoms with Crippen LogP contribution < -0.4 is 10.4 Å². The maximum Gasteiger partial charge on any atom is 0.341 e. The van der Waals surface area contributed by atoms with Gasteiger partial charge in [-0.25, -0.2) is 4.79 Å². The number of carbonyl (C=O) groups is 1. The molecule has 5 heteroatoms.